The fraction of sp³-hybridized carbons (Fsp3) is 0.429. The second-order valence-electron chi connectivity index (χ2n) is 7.36. The van der Waals surface area contributed by atoms with Gasteiger partial charge in [-0.3, -0.25) is 9.79 Å². The molecule has 0 atom stereocenters. The first-order valence-corrected chi connectivity index (χ1v) is 10.0. The van der Waals surface area contributed by atoms with E-state index in [2.05, 4.69) is 47.0 Å². The van der Waals surface area contributed by atoms with Gasteiger partial charge in [0.2, 0.25) is 0 Å². The van der Waals surface area contributed by atoms with Crippen molar-refractivity contribution < 1.29 is 4.79 Å². The Balaban J connectivity index is 0.00000392. The van der Waals surface area contributed by atoms with Gasteiger partial charge in [0.05, 0.1) is 0 Å². The van der Waals surface area contributed by atoms with E-state index in [1.807, 2.05) is 24.3 Å². The van der Waals surface area contributed by atoms with Crippen LogP contribution in [0.2, 0.25) is 0 Å². The molecule has 1 aromatic carbocycles. The molecule has 0 spiro atoms. The minimum absolute atomic E-state index is 0. The van der Waals surface area contributed by atoms with Crippen LogP contribution in [0.5, 0.6) is 0 Å². The number of hydrogen-bond donors (Lipinski definition) is 2. The lowest BCUT2D eigenvalue weighted by molar-refractivity contribution is 0.0827. The first kappa shape index (κ1) is 24.4. The van der Waals surface area contributed by atoms with E-state index in [1.54, 1.807) is 37.4 Å². The first-order chi connectivity index (χ1) is 12.8. The Bertz CT molecular complexity index is 772. The molecule has 5 nitrogen and oxygen atoms in total. The molecule has 7 heteroatoms. The number of nitrogens with one attached hydrogen (secondary N) is 2. The molecule has 0 radical (unpaired) electrons. The molecule has 2 N–H and O–H groups in total. The largest absolute Gasteiger partial charge is 0.356 e. The molecule has 0 unspecified atom stereocenters. The third-order valence-electron chi connectivity index (χ3n) is 4.40. The van der Waals surface area contributed by atoms with Crippen LogP contribution < -0.4 is 10.6 Å². The van der Waals surface area contributed by atoms with Crippen molar-refractivity contribution in [1.82, 2.24) is 15.5 Å². The molecule has 0 fully saturated rings. The summed E-state index contributed by atoms with van der Waals surface area (Å²) in [5, 5.41) is 8.88. The summed E-state index contributed by atoms with van der Waals surface area (Å²) >= 11 is 1.78. The normalized spacial score (nSPS) is 11.5. The molecule has 28 heavy (non-hydrogen) atoms. The molecule has 0 saturated heterocycles. The maximum atomic E-state index is 12.1. The molecule has 1 aromatic heterocycles. The highest BCUT2D eigenvalue weighted by Gasteiger charge is 2.21. The van der Waals surface area contributed by atoms with Crippen LogP contribution in [0.25, 0.3) is 0 Å². The van der Waals surface area contributed by atoms with Crippen LogP contribution in [0.4, 0.5) is 0 Å². The predicted molar refractivity (Wildman–Crippen MR) is 130 cm³/mol. The van der Waals surface area contributed by atoms with Crippen molar-refractivity contribution in [2.45, 2.75) is 25.7 Å². The highest BCUT2D eigenvalue weighted by Crippen LogP contribution is 2.26. The van der Waals surface area contributed by atoms with Gasteiger partial charge in [-0.1, -0.05) is 32.0 Å². The molecule has 0 aliphatic heterocycles. The number of halogens is 1. The summed E-state index contributed by atoms with van der Waals surface area (Å²) in [6.07, 6.45) is 0.823. The maximum Gasteiger partial charge on any atom is 0.253 e. The lowest BCUT2D eigenvalue weighted by Gasteiger charge is -2.25. The lowest BCUT2D eigenvalue weighted by Crippen LogP contribution is -2.43. The van der Waals surface area contributed by atoms with E-state index in [9.17, 15) is 4.79 Å². The van der Waals surface area contributed by atoms with Gasteiger partial charge in [-0.05, 0) is 35.6 Å². The van der Waals surface area contributed by atoms with E-state index in [4.69, 9.17) is 0 Å². The van der Waals surface area contributed by atoms with Crippen molar-refractivity contribution in [1.29, 1.82) is 0 Å². The average molecular weight is 514 g/mol. The van der Waals surface area contributed by atoms with E-state index in [0.717, 1.165) is 36.6 Å². The number of carbonyl (C=O) groups excluding carboxylic acids is 1. The van der Waals surface area contributed by atoms with Gasteiger partial charge in [0.15, 0.2) is 5.96 Å². The SMILES string of the molecule is CN=C(NCCc1cccc(C(=O)N(C)C)c1)NCC(C)(C)c1cccs1.I. The number of nitrogens with zero attached hydrogens (tertiary/aromatic N) is 2. The highest BCUT2D eigenvalue weighted by molar-refractivity contribution is 14.0. The third-order valence-corrected chi connectivity index (χ3v) is 5.63. The minimum atomic E-state index is 0. The van der Waals surface area contributed by atoms with Gasteiger partial charge in [-0.15, -0.1) is 35.3 Å². The standard InChI is InChI=1S/C21H30N4OS.HI/c1-21(2,18-10-7-13-27-18)15-24-20(22-3)23-12-11-16-8-6-9-17(14-16)19(26)25(4)5;/h6-10,13-14H,11-12,15H2,1-5H3,(H2,22,23,24);1H. The van der Waals surface area contributed by atoms with E-state index in [1.165, 1.54) is 4.88 Å². The maximum absolute atomic E-state index is 12.1. The summed E-state index contributed by atoms with van der Waals surface area (Å²) in [6, 6.07) is 12.0. The monoisotopic (exact) mass is 514 g/mol. The molecule has 154 valence electrons. The summed E-state index contributed by atoms with van der Waals surface area (Å²) in [6.45, 7) is 6.01. The topological polar surface area (TPSA) is 56.7 Å². The van der Waals surface area contributed by atoms with Gasteiger partial charge in [0.25, 0.3) is 5.91 Å². The minimum Gasteiger partial charge on any atom is -0.356 e. The van der Waals surface area contributed by atoms with Crippen LogP contribution in [0.15, 0.2) is 46.8 Å². The zero-order chi connectivity index (χ0) is 19.9. The molecule has 1 heterocycles. The van der Waals surface area contributed by atoms with E-state index < -0.39 is 0 Å². The zero-order valence-electron chi connectivity index (χ0n) is 17.3. The fourth-order valence-corrected chi connectivity index (χ4v) is 3.57. The van der Waals surface area contributed by atoms with Crippen molar-refractivity contribution in [3.8, 4) is 0 Å². The molecule has 0 bridgehead atoms. The average Bonchev–Trinajstić information content (AvgIpc) is 3.19. The van der Waals surface area contributed by atoms with Crippen LogP contribution in [0, 0.1) is 0 Å². The van der Waals surface area contributed by atoms with E-state index >= 15 is 0 Å². The van der Waals surface area contributed by atoms with Gasteiger partial charge in [-0.2, -0.15) is 0 Å². The summed E-state index contributed by atoms with van der Waals surface area (Å²) in [5.41, 5.74) is 1.90. The predicted octanol–water partition coefficient (Wildman–Crippen LogP) is 3.75. The van der Waals surface area contributed by atoms with Crippen molar-refractivity contribution in [3.63, 3.8) is 0 Å². The Morgan fingerprint density at radius 2 is 1.93 bits per heavy atom. The molecule has 0 aliphatic carbocycles. The number of carbonyl (C=O) groups is 1. The molecule has 1 amide bonds. The van der Waals surface area contributed by atoms with Gasteiger partial charge in [0, 0.05) is 50.1 Å². The van der Waals surface area contributed by atoms with Crippen LogP contribution in [-0.2, 0) is 11.8 Å². The second kappa shape index (κ2) is 11.4. The van der Waals surface area contributed by atoms with Gasteiger partial charge >= 0.3 is 0 Å². The van der Waals surface area contributed by atoms with Gasteiger partial charge in [-0.25, -0.2) is 0 Å². The summed E-state index contributed by atoms with van der Waals surface area (Å²) in [4.78, 5) is 19.3. The summed E-state index contributed by atoms with van der Waals surface area (Å²) in [7, 11) is 5.32. The van der Waals surface area contributed by atoms with E-state index in [-0.39, 0.29) is 35.3 Å². The van der Waals surface area contributed by atoms with Gasteiger partial charge < -0.3 is 15.5 Å². The fourth-order valence-electron chi connectivity index (χ4n) is 2.72. The van der Waals surface area contributed by atoms with Crippen LogP contribution in [-0.4, -0.2) is 51.0 Å². The van der Waals surface area contributed by atoms with Crippen LogP contribution in [0.3, 0.4) is 0 Å². The number of aliphatic imine (C=N–C) groups is 1. The summed E-state index contributed by atoms with van der Waals surface area (Å²) < 4.78 is 0. The quantitative estimate of drug-likeness (QED) is 0.336. The summed E-state index contributed by atoms with van der Waals surface area (Å²) in [5.74, 6) is 0.818. The Morgan fingerprint density at radius 1 is 1.18 bits per heavy atom. The van der Waals surface area contributed by atoms with Gasteiger partial charge in [0.1, 0.15) is 0 Å². The van der Waals surface area contributed by atoms with Crippen LogP contribution >= 0.6 is 35.3 Å². The first-order valence-electron chi connectivity index (χ1n) is 9.12. The number of hydrogen-bond acceptors (Lipinski definition) is 3. The Labute approximate surface area is 189 Å². The Hall–Kier alpha value is -1.61. The number of amides is 1. The van der Waals surface area contributed by atoms with Crippen molar-refractivity contribution in [3.05, 3.63) is 57.8 Å². The zero-order valence-corrected chi connectivity index (χ0v) is 20.4. The number of thiophene rings is 1. The lowest BCUT2D eigenvalue weighted by atomic mass is 9.91. The van der Waals surface area contributed by atoms with Crippen molar-refractivity contribution in [2.24, 2.45) is 4.99 Å². The third kappa shape index (κ3) is 7.09. The Kier molecular flexibility index (Phi) is 9.95. The van der Waals surface area contributed by atoms with Crippen LogP contribution in [0.1, 0.15) is 34.6 Å². The molecular weight excluding hydrogens is 483 g/mol. The molecule has 0 saturated carbocycles. The smallest absolute Gasteiger partial charge is 0.253 e. The molecular formula is C21H31IN4OS. The molecule has 2 rings (SSSR count). The number of rotatable bonds is 7. The number of benzene rings is 1. The van der Waals surface area contributed by atoms with Crippen molar-refractivity contribution in [2.75, 3.05) is 34.2 Å². The van der Waals surface area contributed by atoms with Crippen molar-refractivity contribution >= 4 is 47.2 Å². The second-order valence-corrected chi connectivity index (χ2v) is 8.31. The highest BCUT2D eigenvalue weighted by atomic mass is 127. The number of guanidine groups is 1. The van der Waals surface area contributed by atoms with E-state index in [0.29, 0.717) is 0 Å². The Morgan fingerprint density at radius 3 is 2.54 bits per heavy atom. The molecule has 2 aromatic rings. The molecule has 0 aliphatic rings.